The second kappa shape index (κ2) is 15.4. The Kier molecular flexibility index (Phi) is 10.4. The molecule has 0 saturated carbocycles. The number of imidazole rings is 2. The van der Waals surface area contributed by atoms with Crippen LogP contribution < -0.4 is 15.4 Å². The van der Waals surface area contributed by atoms with Crippen LogP contribution in [0, 0.1) is 17.8 Å². The van der Waals surface area contributed by atoms with Crippen molar-refractivity contribution in [1.29, 1.82) is 0 Å². The summed E-state index contributed by atoms with van der Waals surface area (Å²) in [6, 6.07) is 12.9. The van der Waals surface area contributed by atoms with Gasteiger partial charge in [-0.2, -0.15) is 0 Å². The van der Waals surface area contributed by atoms with Crippen LogP contribution in [0.3, 0.4) is 0 Å². The van der Waals surface area contributed by atoms with Crippen LogP contribution in [0.2, 0.25) is 0 Å². The van der Waals surface area contributed by atoms with E-state index >= 15 is 0 Å². The molecule has 3 aliphatic heterocycles. The smallest absolute Gasteiger partial charge is 0.407 e. The van der Waals surface area contributed by atoms with Crippen molar-refractivity contribution in [2.24, 2.45) is 17.8 Å². The van der Waals surface area contributed by atoms with Gasteiger partial charge in [0.1, 0.15) is 36.1 Å². The van der Waals surface area contributed by atoms with Gasteiger partial charge in [-0.1, -0.05) is 52.8 Å². The molecular weight excluding hydrogens is 737 g/mol. The van der Waals surface area contributed by atoms with E-state index in [4.69, 9.17) is 19.4 Å². The number of aromatic nitrogens is 4. The molecule has 2 aromatic heterocycles. The zero-order valence-electron chi connectivity index (χ0n) is 34.1. The topological polar surface area (TPSA) is 175 Å². The SMILES string of the molecule is COC(=O)NC(C(=O)N1CCCC1c1ncc(-c2ccc3c(c2)COc2cc4c(ccc5[nH]c(C6CC(C)CN6C(=O)C(NC(C)=O)C(C)C)nc54)cc2-3)[nH]1)C(C)C. The van der Waals surface area contributed by atoms with Crippen molar-refractivity contribution in [3.63, 3.8) is 0 Å². The first-order chi connectivity index (χ1) is 27.8. The Morgan fingerprint density at radius 1 is 0.897 bits per heavy atom. The van der Waals surface area contributed by atoms with Gasteiger partial charge in [-0.25, -0.2) is 14.8 Å². The molecule has 2 saturated heterocycles. The van der Waals surface area contributed by atoms with Gasteiger partial charge in [0.15, 0.2) is 0 Å². The number of likely N-dealkylation sites (tertiary alicyclic amines) is 2. The number of fused-ring (bicyclic) bond motifs is 6. The molecule has 5 unspecified atom stereocenters. The Bertz CT molecular complexity index is 2420. The number of carbonyl (C=O) groups excluding carboxylic acids is 4. The third-order valence-electron chi connectivity index (χ3n) is 11.9. The molecule has 14 nitrogen and oxygen atoms in total. The van der Waals surface area contributed by atoms with Crippen LogP contribution in [0.25, 0.3) is 44.2 Å². The number of benzene rings is 3. The largest absolute Gasteiger partial charge is 0.488 e. The molecule has 0 radical (unpaired) electrons. The molecule has 5 aromatic rings. The lowest BCUT2D eigenvalue weighted by Gasteiger charge is -2.30. The highest BCUT2D eigenvalue weighted by atomic mass is 16.5. The summed E-state index contributed by atoms with van der Waals surface area (Å²) in [6.07, 6.45) is 3.57. The van der Waals surface area contributed by atoms with E-state index in [2.05, 4.69) is 63.9 Å². The number of rotatable bonds is 9. The van der Waals surface area contributed by atoms with E-state index in [-0.39, 0.29) is 47.6 Å². The molecule has 0 spiro atoms. The van der Waals surface area contributed by atoms with Crippen LogP contribution in [0.1, 0.15) is 90.1 Å². The van der Waals surface area contributed by atoms with Gasteiger partial charge in [0.25, 0.3) is 0 Å². The molecule has 4 amide bonds. The summed E-state index contributed by atoms with van der Waals surface area (Å²) in [7, 11) is 1.29. The average Bonchev–Trinajstić information content (AvgIpc) is 4.03. The highest BCUT2D eigenvalue weighted by Crippen LogP contribution is 2.44. The van der Waals surface area contributed by atoms with Crippen LogP contribution in [0.4, 0.5) is 4.79 Å². The van der Waals surface area contributed by atoms with Crippen LogP contribution >= 0.6 is 0 Å². The van der Waals surface area contributed by atoms with Crippen molar-refractivity contribution in [3.05, 3.63) is 65.9 Å². The summed E-state index contributed by atoms with van der Waals surface area (Å²) in [5.74, 6) is 1.91. The number of hydrogen-bond donors (Lipinski definition) is 4. The molecule has 304 valence electrons. The second-order valence-corrected chi connectivity index (χ2v) is 16.8. The minimum absolute atomic E-state index is 0.0525. The Labute approximate surface area is 337 Å². The fourth-order valence-corrected chi connectivity index (χ4v) is 8.94. The lowest BCUT2D eigenvalue weighted by Crippen LogP contribution is -2.51. The van der Waals surface area contributed by atoms with E-state index in [0.717, 1.165) is 80.6 Å². The Hall–Kier alpha value is -5.92. The van der Waals surface area contributed by atoms with Gasteiger partial charge in [-0.3, -0.25) is 14.4 Å². The molecular formula is C44H52N8O6. The number of nitrogens with one attached hydrogen (secondary N) is 4. The Morgan fingerprint density at radius 2 is 1.66 bits per heavy atom. The molecule has 3 aliphatic rings. The monoisotopic (exact) mass is 788 g/mol. The number of alkyl carbamates (subject to hydrolysis) is 1. The molecule has 8 rings (SSSR count). The van der Waals surface area contributed by atoms with Crippen molar-refractivity contribution < 1.29 is 28.7 Å². The van der Waals surface area contributed by atoms with E-state index in [1.807, 2.05) is 49.8 Å². The van der Waals surface area contributed by atoms with E-state index in [1.54, 1.807) is 0 Å². The number of amides is 4. The molecule has 2 fully saturated rings. The summed E-state index contributed by atoms with van der Waals surface area (Å²) in [6.45, 7) is 12.9. The second-order valence-electron chi connectivity index (χ2n) is 16.8. The van der Waals surface area contributed by atoms with Gasteiger partial charge < -0.3 is 39.9 Å². The zero-order valence-corrected chi connectivity index (χ0v) is 34.1. The predicted molar refractivity (Wildman–Crippen MR) is 219 cm³/mol. The number of H-pyrrole nitrogens is 2. The van der Waals surface area contributed by atoms with Gasteiger partial charge in [0.05, 0.1) is 42.1 Å². The third-order valence-corrected chi connectivity index (χ3v) is 11.9. The lowest BCUT2D eigenvalue weighted by atomic mass is 9.92. The number of ether oxygens (including phenoxy) is 2. The normalized spacial score (nSPS) is 19.9. The van der Waals surface area contributed by atoms with E-state index in [9.17, 15) is 19.2 Å². The molecule has 0 bridgehead atoms. The number of aromatic amines is 2. The first kappa shape index (κ1) is 38.9. The number of hydrogen-bond acceptors (Lipinski definition) is 8. The summed E-state index contributed by atoms with van der Waals surface area (Å²) in [4.78, 5) is 72.0. The van der Waals surface area contributed by atoms with E-state index in [1.165, 1.54) is 14.0 Å². The average molecular weight is 789 g/mol. The highest BCUT2D eigenvalue weighted by molar-refractivity contribution is 6.07. The molecule has 0 aliphatic carbocycles. The number of methoxy groups -OCH3 is 1. The molecule has 4 N–H and O–H groups in total. The summed E-state index contributed by atoms with van der Waals surface area (Å²) >= 11 is 0. The van der Waals surface area contributed by atoms with Gasteiger partial charge >= 0.3 is 6.09 Å². The molecule has 14 heteroatoms. The summed E-state index contributed by atoms with van der Waals surface area (Å²) in [5.41, 5.74) is 6.66. The summed E-state index contributed by atoms with van der Waals surface area (Å²) in [5, 5.41) is 7.56. The molecule has 58 heavy (non-hydrogen) atoms. The van der Waals surface area contributed by atoms with Gasteiger partial charge in [-0.15, -0.1) is 0 Å². The standard InChI is InChI=1S/C44H52N8O6/c1-22(2)37(46-25(6)53)43(55)52-20-24(5)15-35(52)41-47-32-13-11-26-17-31-29-12-10-27(16-28(29)21-58-36(31)18-30(26)39(32)49-41)33-19-45-40(48-33)34-9-8-14-51(34)42(54)38(23(3)4)50-44(56)57-7/h10-13,16-19,22-24,34-35,37-38H,8-9,14-15,20-21H2,1-7H3,(H,45,48)(H,46,53)(H,47,49)(H,50,56). The summed E-state index contributed by atoms with van der Waals surface area (Å²) < 4.78 is 11.2. The number of nitrogens with zero attached hydrogens (tertiary/aromatic N) is 4. The van der Waals surface area contributed by atoms with Gasteiger partial charge in [0.2, 0.25) is 17.7 Å². The van der Waals surface area contributed by atoms with Crippen LogP contribution in [-0.2, 0) is 25.7 Å². The first-order valence-corrected chi connectivity index (χ1v) is 20.3. The highest BCUT2D eigenvalue weighted by Gasteiger charge is 2.40. The minimum atomic E-state index is -0.699. The third kappa shape index (κ3) is 7.13. The maximum Gasteiger partial charge on any atom is 0.407 e. The molecule has 5 atom stereocenters. The quantitative estimate of drug-likeness (QED) is 0.127. The fraction of sp³-hybridized carbons (Fsp3) is 0.455. The van der Waals surface area contributed by atoms with E-state index < -0.39 is 18.2 Å². The van der Waals surface area contributed by atoms with Crippen LogP contribution in [0.5, 0.6) is 5.75 Å². The maximum absolute atomic E-state index is 13.8. The van der Waals surface area contributed by atoms with Crippen molar-refractivity contribution in [2.45, 2.75) is 91.6 Å². The number of carbonyl (C=O) groups is 4. The zero-order chi connectivity index (χ0) is 41.0. The van der Waals surface area contributed by atoms with Gasteiger partial charge in [0, 0.05) is 31.0 Å². The van der Waals surface area contributed by atoms with Crippen molar-refractivity contribution in [1.82, 2.24) is 40.4 Å². The fourth-order valence-electron chi connectivity index (χ4n) is 8.94. The van der Waals surface area contributed by atoms with Gasteiger partial charge in [-0.05, 0) is 83.4 Å². The Balaban J connectivity index is 1.04. The van der Waals surface area contributed by atoms with Crippen molar-refractivity contribution in [2.75, 3.05) is 20.2 Å². The molecule has 3 aromatic carbocycles. The lowest BCUT2D eigenvalue weighted by molar-refractivity contribution is -0.138. The Morgan fingerprint density at radius 3 is 2.40 bits per heavy atom. The first-order valence-electron chi connectivity index (χ1n) is 20.3. The molecule has 5 heterocycles. The minimum Gasteiger partial charge on any atom is -0.488 e. The van der Waals surface area contributed by atoms with Crippen LogP contribution in [0.15, 0.2) is 48.7 Å². The van der Waals surface area contributed by atoms with Crippen molar-refractivity contribution >= 4 is 45.6 Å². The maximum atomic E-state index is 13.8. The van der Waals surface area contributed by atoms with Crippen molar-refractivity contribution in [3.8, 4) is 28.1 Å². The van der Waals surface area contributed by atoms with Crippen LogP contribution in [-0.4, -0.2) is 85.8 Å². The predicted octanol–water partition coefficient (Wildman–Crippen LogP) is 6.78. The van der Waals surface area contributed by atoms with E-state index in [0.29, 0.717) is 25.5 Å².